The van der Waals surface area contributed by atoms with Gasteiger partial charge in [-0.05, 0) is 60.7 Å². The number of benzene rings is 2. The van der Waals surface area contributed by atoms with Gasteiger partial charge < -0.3 is 20.1 Å². The zero-order valence-corrected chi connectivity index (χ0v) is 18.3. The first-order chi connectivity index (χ1) is 15.7. The number of para-hydroxylation sites is 1. The number of rotatable bonds is 8. The number of aryl methyl sites for hydroxylation is 1. The largest absolute Gasteiger partial charge is 0.465 e. The molecule has 0 amide bonds. The van der Waals surface area contributed by atoms with Crippen molar-refractivity contribution in [3.8, 4) is 0 Å². The molecular weight excluding hydrogens is 402 g/mol. The van der Waals surface area contributed by atoms with Gasteiger partial charge in [-0.2, -0.15) is 0 Å². The molecule has 1 aliphatic rings. The van der Waals surface area contributed by atoms with Crippen molar-refractivity contribution in [2.75, 3.05) is 37.0 Å². The summed E-state index contributed by atoms with van der Waals surface area (Å²) in [6, 6.07) is 18.4. The lowest BCUT2D eigenvalue weighted by Crippen LogP contribution is -2.23. The first kappa shape index (κ1) is 21.8. The lowest BCUT2D eigenvalue weighted by Gasteiger charge is -2.30. The molecule has 0 fully saturated rings. The predicted octanol–water partition coefficient (Wildman–Crippen LogP) is 4.53. The molecule has 6 nitrogen and oxygen atoms in total. The molecule has 0 radical (unpaired) electrons. The zero-order valence-electron chi connectivity index (χ0n) is 18.3. The number of ether oxygens (including phenoxy) is 1. The third kappa shape index (κ3) is 4.75. The molecule has 32 heavy (non-hydrogen) atoms. The fourth-order valence-corrected chi connectivity index (χ4v) is 4.45. The standard InChI is InChI=1S/C26H29N3O3/c1-32-26(31)24-12-13-27-18-25(24)28-17-20-7-5-6-19-16-22(10-11-23(19)20)29(14-15-30)21-8-3-2-4-9-21/h2-4,8-13,16,18,20,28,30H,5-7,14-15,17H2,1H3/t20-/m0/s1. The third-order valence-electron chi connectivity index (χ3n) is 6.03. The van der Waals surface area contributed by atoms with E-state index >= 15 is 0 Å². The quantitative estimate of drug-likeness (QED) is 0.511. The summed E-state index contributed by atoms with van der Waals surface area (Å²) in [4.78, 5) is 18.3. The summed E-state index contributed by atoms with van der Waals surface area (Å²) in [6.07, 6.45) is 6.52. The summed E-state index contributed by atoms with van der Waals surface area (Å²) in [5, 5.41) is 13.0. The number of hydrogen-bond donors (Lipinski definition) is 2. The summed E-state index contributed by atoms with van der Waals surface area (Å²) in [6.45, 7) is 1.36. The van der Waals surface area contributed by atoms with Crippen LogP contribution in [0.15, 0.2) is 67.0 Å². The molecule has 2 aromatic carbocycles. The molecule has 1 heterocycles. The van der Waals surface area contributed by atoms with Crippen molar-refractivity contribution in [1.82, 2.24) is 4.98 Å². The fourth-order valence-electron chi connectivity index (χ4n) is 4.45. The van der Waals surface area contributed by atoms with Gasteiger partial charge in [0.2, 0.25) is 0 Å². The zero-order chi connectivity index (χ0) is 22.3. The van der Waals surface area contributed by atoms with E-state index in [0.29, 0.717) is 23.7 Å². The van der Waals surface area contributed by atoms with E-state index in [0.717, 1.165) is 37.2 Å². The van der Waals surface area contributed by atoms with Gasteiger partial charge in [-0.25, -0.2) is 4.79 Å². The second-order valence-corrected chi connectivity index (χ2v) is 7.98. The van der Waals surface area contributed by atoms with Crippen LogP contribution in [0, 0.1) is 0 Å². The van der Waals surface area contributed by atoms with Crippen LogP contribution in [-0.2, 0) is 11.2 Å². The predicted molar refractivity (Wildman–Crippen MR) is 127 cm³/mol. The number of esters is 1. The van der Waals surface area contributed by atoms with E-state index in [1.807, 2.05) is 18.2 Å². The Morgan fingerprint density at radius 2 is 2.03 bits per heavy atom. The van der Waals surface area contributed by atoms with Gasteiger partial charge in [0.05, 0.1) is 31.2 Å². The maximum absolute atomic E-state index is 12.0. The number of fused-ring (bicyclic) bond motifs is 1. The van der Waals surface area contributed by atoms with Gasteiger partial charge in [-0.3, -0.25) is 4.98 Å². The summed E-state index contributed by atoms with van der Waals surface area (Å²) >= 11 is 0. The number of anilines is 3. The Hall–Kier alpha value is -3.38. The Balaban J connectivity index is 1.54. The lowest BCUT2D eigenvalue weighted by atomic mass is 9.82. The van der Waals surface area contributed by atoms with Crippen molar-refractivity contribution >= 4 is 23.0 Å². The smallest absolute Gasteiger partial charge is 0.340 e. The van der Waals surface area contributed by atoms with Crippen molar-refractivity contribution in [1.29, 1.82) is 0 Å². The van der Waals surface area contributed by atoms with E-state index in [9.17, 15) is 9.90 Å². The maximum atomic E-state index is 12.0. The van der Waals surface area contributed by atoms with Crippen LogP contribution in [0.1, 0.15) is 40.2 Å². The number of nitrogens with zero attached hydrogens (tertiary/aromatic N) is 2. The van der Waals surface area contributed by atoms with Gasteiger partial charge in [0.15, 0.2) is 0 Å². The highest BCUT2D eigenvalue weighted by Gasteiger charge is 2.22. The molecule has 166 valence electrons. The molecule has 1 aliphatic carbocycles. The van der Waals surface area contributed by atoms with Gasteiger partial charge in [-0.1, -0.05) is 24.3 Å². The number of hydrogen-bond acceptors (Lipinski definition) is 6. The number of methoxy groups -OCH3 is 1. The van der Waals surface area contributed by atoms with Crippen LogP contribution in [0.3, 0.4) is 0 Å². The fraction of sp³-hybridized carbons (Fsp3) is 0.308. The number of pyridine rings is 1. The highest BCUT2D eigenvalue weighted by molar-refractivity contribution is 5.95. The number of aliphatic hydroxyl groups is 1. The molecule has 3 aromatic rings. The summed E-state index contributed by atoms with van der Waals surface area (Å²) in [5.74, 6) is -0.0185. The third-order valence-corrected chi connectivity index (χ3v) is 6.03. The normalized spacial score (nSPS) is 15.0. The van der Waals surface area contributed by atoms with Gasteiger partial charge in [0.1, 0.15) is 0 Å². The van der Waals surface area contributed by atoms with E-state index in [-0.39, 0.29) is 12.6 Å². The summed E-state index contributed by atoms with van der Waals surface area (Å²) in [5.41, 5.74) is 6.05. The van der Waals surface area contributed by atoms with Crippen LogP contribution >= 0.6 is 0 Å². The Labute approximate surface area is 188 Å². The number of carbonyl (C=O) groups is 1. The molecule has 4 rings (SSSR count). The van der Waals surface area contributed by atoms with Crippen LogP contribution in [0.4, 0.5) is 17.1 Å². The van der Waals surface area contributed by atoms with Crippen LogP contribution in [0.5, 0.6) is 0 Å². The van der Waals surface area contributed by atoms with E-state index < -0.39 is 0 Å². The maximum Gasteiger partial charge on any atom is 0.340 e. The van der Waals surface area contributed by atoms with E-state index in [1.165, 1.54) is 18.2 Å². The van der Waals surface area contributed by atoms with Gasteiger partial charge in [0, 0.05) is 36.6 Å². The Bertz CT molecular complexity index is 1060. The second-order valence-electron chi connectivity index (χ2n) is 7.98. The minimum absolute atomic E-state index is 0.0894. The lowest BCUT2D eigenvalue weighted by molar-refractivity contribution is 0.0601. The Morgan fingerprint density at radius 3 is 2.81 bits per heavy atom. The van der Waals surface area contributed by atoms with Crippen molar-refractivity contribution < 1.29 is 14.6 Å². The van der Waals surface area contributed by atoms with E-state index in [2.05, 4.69) is 45.5 Å². The van der Waals surface area contributed by atoms with Gasteiger partial charge in [0.25, 0.3) is 0 Å². The SMILES string of the molecule is COC(=O)c1ccncc1NC[C@@H]1CCCc2cc(N(CCO)c3ccccc3)ccc21. The molecule has 0 aliphatic heterocycles. The molecular formula is C26H29N3O3. The van der Waals surface area contributed by atoms with Crippen LogP contribution in [0.2, 0.25) is 0 Å². The topological polar surface area (TPSA) is 74.7 Å². The second kappa shape index (κ2) is 10.3. The Morgan fingerprint density at radius 1 is 1.19 bits per heavy atom. The molecule has 0 unspecified atom stereocenters. The van der Waals surface area contributed by atoms with Crippen LogP contribution in [0.25, 0.3) is 0 Å². The summed E-state index contributed by atoms with van der Waals surface area (Å²) < 4.78 is 4.89. The van der Waals surface area contributed by atoms with Crippen molar-refractivity contribution in [2.45, 2.75) is 25.2 Å². The molecule has 0 saturated heterocycles. The van der Waals surface area contributed by atoms with E-state index in [1.54, 1.807) is 18.5 Å². The van der Waals surface area contributed by atoms with Crippen LogP contribution < -0.4 is 10.2 Å². The van der Waals surface area contributed by atoms with Crippen molar-refractivity contribution in [3.63, 3.8) is 0 Å². The molecule has 0 spiro atoms. The number of nitrogens with one attached hydrogen (secondary N) is 1. The Kier molecular flexibility index (Phi) is 7.02. The number of carbonyl (C=O) groups excluding carboxylic acids is 1. The molecule has 0 saturated carbocycles. The number of aromatic nitrogens is 1. The van der Waals surface area contributed by atoms with Crippen molar-refractivity contribution in [2.24, 2.45) is 0 Å². The highest BCUT2D eigenvalue weighted by Crippen LogP contribution is 2.36. The monoisotopic (exact) mass is 431 g/mol. The molecule has 6 heteroatoms. The molecule has 2 N–H and O–H groups in total. The molecule has 1 aromatic heterocycles. The first-order valence-corrected chi connectivity index (χ1v) is 11.0. The minimum Gasteiger partial charge on any atom is -0.465 e. The number of aliphatic hydroxyl groups excluding tert-OH is 1. The van der Waals surface area contributed by atoms with E-state index in [4.69, 9.17) is 4.74 Å². The van der Waals surface area contributed by atoms with Gasteiger partial charge in [-0.15, -0.1) is 0 Å². The molecule has 1 atom stereocenters. The minimum atomic E-state index is -0.367. The van der Waals surface area contributed by atoms with Crippen molar-refractivity contribution in [3.05, 3.63) is 83.7 Å². The average Bonchev–Trinajstić information content (AvgIpc) is 2.86. The van der Waals surface area contributed by atoms with Crippen LogP contribution in [-0.4, -0.2) is 42.9 Å². The summed E-state index contributed by atoms with van der Waals surface area (Å²) in [7, 11) is 1.39. The first-order valence-electron chi connectivity index (χ1n) is 11.0. The molecule has 0 bridgehead atoms. The average molecular weight is 432 g/mol. The highest BCUT2D eigenvalue weighted by atomic mass is 16.5. The van der Waals surface area contributed by atoms with Gasteiger partial charge >= 0.3 is 5.97 Å².